The Balaban J connectivity index is 0. The van der Waals surface area contributed by atoms with Crippen LogP contribution in [0.2, 0.25) is 0 Å². The standard InChI is InChI=1S/C11H14O7S.K.H/c1-3-17-11(12)7-18-8-4-5-10(19(13,14)15)9(6-8)16-2;;/h4-6H,3,7H2,1-2H3,(H,13,14,15);;/q;+1;-1. The van der Waals surface area contributed by atoms with Crippen LogP contribution in [0.3, 0.4) is 0 Å². The van der Waals surface area contributed by atoms with Crippen molar-refractivity contribution in [1.29, 1.82) is 0 Å². The van der Waals surface area contributed by atoms with Gasteiger partial charge < -0.3 is 15.6 Å². The summed E-state index contributed by atoms with van der Waals surface area (Å²) in [7, 11) is -3.13. The van der Waals surface area contributed by atoms with Gasteiger partial charge in [-0.1, -0.05) is 0 Å². The Labute approximate surface area is 161 Å². The molecule has 0 heterocycles. The van der Waals surface area contributed by atoms with Crippen molar-refractivity contribution in [3.05, 3.63) is 18.2 Å². The van der Waals surface area contributed by atoms with Gasteiger partial charge in [0.05, 0.1) is 13.7 Å². The van der Waals surface area contributed by atoms with Gasteiger partial charge in [0, 0.05) is 6.07 Å². The van der Waals surface area contributed by atoms with Crippen LogP contribution in [0.25, 0.3) is 0 Å². The zero-order valence-corrected chi connectivity index (χ0v) is 15.4. The van der Waals surface area contributed by atoms with E-state index in [9.17, 15) is 13.2 Å². The molecule has 0 saturated heterocycles. The molecule has 0 amide bonds. The molecular formula is C11H15KO7S. The third-order valence-electron chi connectivity index (χ3n) is 2.08. The minimum Gasteiger partial charge on any atom is -1.00 e. The molecule has 0 bridgehead atoms. The summed E-state index contributed by atoms with van der Waals surface area (Å²) in [6.07, 6.45) is 0. The Hall–Kier alpha value is -0.164. The van der Waals surface area contributed by atoms with Gasteiger partial charge in [-0.15, -0.1) is 0 Å². The SMILES string of the molecule is CCOC(=O)COc1ccc(S(=O)(=O)O)c(OC)c1.[H-].[K+]. The Kier molecular flexibility index (Phi) is 8.90. The van der Waals surface area contributed by atoms with Crippen LogP contribution in [0.4, 0.5) is 0 Å². The van der Waals surface area contributed by atoms with Gasteiger partial charge in [-0.3, -0.25) is 4.55 Å². The van der Waals surface area contributed by atoms with E-state index in [4.69, 9.17) is 14.0 Å². The second-order valence-corrected chi connectivity index (χ2v) is 4.77. The monoisotopic (exact) mass is 330 g/mol. The van der Waals surface area contributed by atoms with Crippen molar-refractivity contribution < 1.29 is 84.8 Å². The van der Waals surface area contributed by atoms with Gasteiger partial charge in [-0.05, 0) is 19.1 Å². The molecule has 20 heavy (non-hydrogen) atoms. The summed E-state index contributed by atoms with van der Waals surface area (Å²) in [6, 6.07) is 3.67. The summed E-state index contributed by atoms with van der Waals surface area (Å²) in [6.45, 7) is 1.61. The van der Waals surface area contributed by atoms with Crippen molar-refractivity contribution >= 4 is 16.1 Å². The molecule has 1 aromatic carbocycles. The summed E-state index contributed by atoms with van der Waals surface area (Å²) in [5.41, 5.74) is 0. The van der Waals surface area contributed by atoms with Crippen LogP contribution < -0.4 is 60.9 Å². The fraction of sp³-hybridized carbons (Fsp3) is 0.364. The molecule has 0 aromatic heterocycles. The third-order valence-corrected chi connectivity index (χ3v) is 2.97. The molecule has 9 heteroatoms. The second-order valence-electron chi connectivity index (χ2n) is 3.38. The summed E-state index contributed by atoms with van der Waals surface area (Å²) in [5.74, 6) is -0.401. The smallest absolute Gasteiger partial charge is 1.00 e. The number of esters is 1. The van der Waals surface area contributed by atoms with Crippen molar-refractivity contribution in [3.63, 3.8) is 0 Å². The number of rotatable bonds is 6. The minimum atomic E-state index is -4.37. The number of methoxy groups -OCH3 is 1. The molecule has 1 rings (SSSR count). The fourth-order valence-corrected chi connectivity index (χ4v) is 1.93. The fourth-order valence-electron chi connectivity index (χ4n) is 1.30. The number of benzene rings is 1. The van der Waals surface area contributed by atoms with E-state index < -0.39 is 16.1 Å². The Bertz CT molecular complexity index is 562. The van der Waals surface area contributed by atoms with Crippen molar-refractivity contribution in [2.75, 3.05) is 20.3 Å². The average molecular weight is 330 g/mol. The molecule has 7 nitrogen and oxygen atoms in total. The van der Waals surface area contributed by atoms with E-state index in [1.54, 1.807) is 6.92 Å². The quantitative estimate of drug-likeness (QED) is 0.366. The van der Waals surface area contributed by atoms with E-state index in [-0.39, 0.29) is 82.4 Å². The normalized spacial score (nSPS) is 10.3. The van der Waals surface area contributed by atoms with Gasteiger partial charge in [0.25, 0.3) is 10.1 Å². The number of hydrogen-bond acceptors (Lipinski definition) is 6. The van der Waals surface area contributed by atoms with E-state index >= 15 is 0 Å². The van der Waals surface area contributed by atoms with Crippen LogP contribution in [0.5, 0.6) is 11.5 Å². The number of hydrogen-bond donors (Lipinski definition) is 1. The maximum Gasteiger partial charge on any atom is 1.00 e. The largest absolute Gasteiger partial charge is 1.00 e. The average Bonchev–Trinajstić information content (AvgIpc) is 2.35. The van der Waals surface area contributed by atoms with E-state index in [0.29, 0.717) is 0 Å². The summed E-state index contributed by atoms with van der Waals surface area (Å²) >= 11 is 0. The van der Waals surface area contributed by atoms with E-state index in [0.717, 1.165) is 6.07 Å². The molecule has 0 aliphatic heterocycles. The molecule has 0 unspecified atom stereocenters. The molecule has 0 fully saturated rings. The van der Waals surface area contributed by atoms with Crippen LogP contribution in [0.1, 0.15) is 8.35 Å². The molecule has 0 aliphatic carbocycles. The Morgan fingerprint density at radius 2 is 2.05 bits per heavy atom. The van der Waals surface area contributed by atoms with Gasteiger partial charge in [0.2, 0.25) is 0 Å². The first-order valence-corrected chi connectivity index (χ1v) is 6.76. The third kappa shape index (κ3) is 6.08. The first-order chi connectivity index (χ1) is 8.88. The Morgan fingerprint density at radius 1 is 1.40 bits per heavy atom. The molecule has 0 atom stereocenters. The topological polar surface area (TPSA) is 99.1 Å². The summed E-state index contributed by atoms with van der Waals surface area (Å²) < 4.78 is 45.6. The van der Waals surface area contributed by atoms with Crippen molar-refractivity contribution in [1.82, 2.24) is 0 Å². The first-order valence-electron chi connectivity index (χ1n) is 5.32. The van der Waals surface area contributed by atoms with Gasteiger partial charge in [-0.25, -0.2) is 4.79 Å². The van der Waals surface area contributed by atoms with Gasteiger partial charge in [-0.2, -0.15) is 8.42 Å². The van der Waals surface area contributed by atoms with Crippen LogP contribution in [-0.2, 0) is 19.6 Å². The van der Waals surface area contributed by atoms with E-state index in [1.807, 2.05) is 0 Å². The summed E-state index contributed by atoms with van der Waals surface area (Å²) in [5, 5.41) is 0. The van der Waals surface area contributed by atoms with Gasteiger partial charge in [0.1, 0.15) is 16.4 Å². The van der Waals surface area contributed by atoms with Gasteiger partial charge in [0.15, 0.2) is 6.61 Å². The predicted octanol–water partition coefficient (Wildman–Crippen LogP) is -2.00. The minimum absolute atomic E-state index is 0. The zero-order chi connectivity index (χ0) is 14.5. The van der Waals surface area contributed by atoms with Crippen molar-refractivity contribution in [3.8, 4) is 11.5 Å². The van der Waals surface area contributed by atoms with Crippen molar-refractivity contribution in [2.24, 2.45) is 0 Å². The second kappa shape index (κ2) is 8.98. The van der Waals surface area contributed by atoms with Crippen LogP contribution in [-0.4, -0.2) is 39.3 Å². The first kappa shape index (κ1) is 19.8. The predicted molar refractivity (Wildman–Crippen MR) is 66.0 cm³/mol. The maximum absolute atomic E-state index is 11.1. The Morgan fingerprint density at radius 3 is 2.55 bits per heavy atom. The van der Waals surface area contributed by atoms with Gasteiger partial charge >= 0.3 is 57.4 Å². The van der Waals surface area contributed by atoms with Crippen LogP contribution in [0.15, 0.2) is 23.1 Å². The molecular weight excluding hydrogens is 315 g/mol. The molecule has 0 saturated carbocycles. The number of carbonyl (C=O) groups is 1. The molecule has 1 N–H and O–H groups in total. The molecule has 0 spiro atoms. The maximum atomic E-state index is 11.1. The summed E-state index contributed by atoms with van der Waals surface area (Å²) in [4.78, 5) is 10.7. The van der Waals surface area contributed by atoms with Crippen molar-refractivity contribution in [2.45, 2.75) is 11.8 Å². The zero-order valence-electron chi connectivity index (χ0n) is 12.5. The molecule has 1 aromatic rings. The van der Waals surface area contributed by atoms with E-state index in [2.05, 4.69) is 4.74 Å². The molecule has 0 radical (unpaired) electrons. The molecule has 0 aliphatic rings. The number of carbonyl (C=O) groups excluding carboxylic acids is 1. The van der Waals surface area contributed by atoms with Crippen LogP contribution in [0, 0.1) is 0 Å². The van der Waals surface area contributed by atoms with Crippen LogP contribution >= 0.6 is 0 Å². The number of ether oxygens (including phenoxy) is 3. The molecule has 108 valence electrons. The van der Waals surface area contributed by atoms with E-state index in [1.165, 1.54) is 19.2 Å².